The Morgan fingerprint density at radius 1 is 1.29 bits per heavy atom. The summed E-state index contributed by atoms with van der Waals surface area (Å²) in [5.41, 5.74) is 0. The van der Waals surface area contributed by atoms with E-state index in [1.807, 2.05) is 12.1 Å². The van der Waals surface area contributed by atoms with Gasteiger partial charge in [0.2, 0.25) is 0 Å². The van der Waals surface area contributed by atoms with E-state index >= 15 is 0 Å². The van der Waals surface area contributed by atoms with Crippen molar-refractivity contribution in [2.45, 2.75) is 0 Å². The summed E-state index contributed by atoms with van der Waals surface area (Å²) in [6.45, 7) is 0. The van der Waals surface area contributed by atoms with Gasteiger partial charge in [0.1, 0.15) is 5.75 Å². The number of halogens is 1. The number of phenols is 1. The zero-order valence-electron chi connectivity index (χ0n) is 7.86. The first kappa shape index (κ1) is 21.6. The van der Waals surface area contributed by atoms with E-state index < -0.39 is 6.16 Å². The molecule has 1 N–H and O–H groups in total. The minimum atomic E-state index is -2.33. The zero-order chi connectivity index (χ0) is 9.56. The van der Waals surface area contributed by atoms with Crippen molar-refractivity contribution >= 4 is 28.7 Å². The van der Waals surface area contributed by atoms with Gasteiger partial charge in [0.15, 0.2) is 0 Å². The molecule has 0 amide bonds. The largest absolute Gasteiger partial charge is 1.00 e. The maximum absolute atomic E-state index is 8.81. The van der Waals surface area contributed by atoms with Gasteiger partial charge in [-0.15, -0.1) is 0 Å². The van der Waals surface area contributed by atoms with Gasteiger partial charge in [-0.1, -0.05) is 6.07 Å². The van der Waals surface area contributed by atoms with Crippen LogP contribution in [0.15, 0.2) is 24.3 Å². The van der Waals surface area contributed by atoms with Crippen molar-refractivity contribution in [1.29, 1.82) is 0 Å². The van der Waals surface area contributed by atoms with Crippen molar-refractivity contribution in [3.63, 3.8) is 0 Å². The van der Waals surface area contributed by atoms with Crippen LogP contribution in [0.1, 0.15) is 0 Å². The molecule has 0 aliphatic heterocycles. The summed E-state index contributed by atoms with van der Waals surface area (Å²) < 4.78 is 1.06. The molecule has 66 valence electrons. The molecule has 1 rings (SSSR count). The van der Waals surface area contributed by atoms with E-state index in [0.29, 0.717) is 5.75 Å². The van der Waals surface area contributed by atoms with Gasteiger partial charge in [-0.05, 0) is 46.9 Å². The summed E-state index contributed by atoms with van der Waals surface area (Å²) in [5.74, 6) is 0.330. The van der Waals surface area contributed by atoms with Crippen molar-refractivity contribution in [1.82, 2.24) is 0 Å². The molecular formula is C7H5IK2O4. The molecule has 0 unspecified atom stereocenters. The van der Waals surface area contributed by atoms with Crippen molar-refractivity contribution in [2.75, 3.05) is 0 Å². The minimum Gasteiger partial charge on any atom is -0.652 e. The molecule has 0 aliphatic carbocycles. The van der Waals surface area contributed by atoms with Gasteiger partial charge in [0.25, 0.3) is 0 Å². The number of hydrogen-bond donors (Lipinski definition) is 1. The number of rotatable bonds is 0. The maximum atomic E-state index is 8.81. The minimum absolute atomic E-state index is 0. The Morgan fingerprint density at radius 2 is 1.71 bits per heavy atom. The van der Waals surface area contributed by atoms with Crippen LogP contribution in [0.4, 0.5) is 4.79 Å². The molecule has 0 saturated carbocycles. The second-order valence-corrected chi connectivity index (χ2v) is 2.98. The molecule has 1 aromatic carbocycles. The second-order valence-electron chi connectivity index (χ2n) is 1.73. The van der Waals surface area contributed by atoms with Crippen LogP contribution in [0, 0.1) is 3.57 Å². The van der Waals surface area contributed by atoms with Gasteiger partial charge in [-0.3, -0.25) is 0 Å². The second kappa shape index (κ2) is 13.4. The standard InChI is InChI=1S/C6H5IO.CH2O3.2K/c7-5-2-1-3-6(8)4-5;2-1(3)4;;/h1-4,8H;(H2,2,3,4);;/q;;2*+1/p-2. The third-order valence-corrected chi connectivity index (χ3v) is 1.48. The van der Waals surface area contributed by atoms with Crippen molar-refractivity contribution in [3.8, 4) is 5.75 Å². The zero-order valence-corrected chi connectivity index (χ0v) is 16.3. The molecule has 4 nitrogen and oxygen atoms in total. The molecule has 0 fully saturated rings. The summed E-state index contributed by atoms with van der Waals surface area (Å²) in [6.07, 6.45) is -2.33. The van der Waals surface area contributed by atoms with Crippen molar-refractivity contribution in [2.24, 2.45) is 0 Å². The Bertz CT molecular complexity index is 248. The van der Waals surface area contributed by atoms with E-state index in [1.54, 1.807) is 12.1 Å². The van der Waals surface area contributed by atoms with Gasteiger partial charge in [0, 0.05) is 3.57 Å². The number of carbonyl (C=O) groups excluding carboxylic acids is 1. The Morgan fingerprint density at radius 3 is 1.93 bits per heavy atom. The van der Waals surface area contributed by atoms with E-state index in [1.165, 1.54) is 0 Å². The summed E-state index contributed by atoms with van der Waals surface area (Å²) in [4.78, 5) is 8.33. The first-order valence-electron chi connectivity index (χ1n) is 2.85. The van der Waals surface area contributed by atoms with Crippen LogP contribution in [-0.4, -0.2) is 11.3 Å². The Hall–Kier alpha value is 2.29. The predicted octanol–water partition coefficient (Wildman–Crippen LogP) is -6.44. The molecule has 7 heteroatoms. The summed E-state index contributed by atoms with van der Waals surface area (Å²) in [5, 5.41) is 25.5. The van der Waals surface area contributed by atoms with E-state index in [4.69, 9.17) is 20.1 Å². The first-order chi connectivity index (χ1) is 5.52. The SMILES string of the molecule is O=C([O-])[O-].Oc1cccc(I)c1.[K+].[K+]. The topological polar surface area (TPSA) is 83.4 Å². The van der Waals surface area contributed by atoms with Crippen molar-refractivity contribution in [3.05, 3.63) is 27.8 Å². The van der Waals surface area contributed by atoms with Gasteiger partial charge in [0.05, 0.1) is 0 Å². The molecule has 0 spiro atoms. The van der Waals surface area contributed by atoms with Crippen LogP contribution in [0.2, 0.25) is 0 Å². The molecule has 14 heavy (non-hydrogen) atoms. The fourth-order valence-corrected chi connectivity index (χ4v) is 1.00. The summed E-state index contributed by atoms with van der Waals surface area (Å²) in [7, 11) is 0. The van der Waals surface area contributed by atoms with Gasteiger partial charge in [-0.2, -0.15) is 0 Å². The molecule has 0 radical (unpaired) electrons. The van der Waals surface area contributed by atoms with E-state index in [-0.39, 0.29) is 103 Å². The predicted molar refractivity (Wildman–Crippen MR) is 46.2 cm³/mol. The average Bonchev–Trinajstić information content (AvgIpc) is 1.84. The Balaban J connectivity index is -0.000000180. The maximum Gasteiger partial charge on any atom is 1.00 e. The van der Waals surface area contributed by atoms with Crippen LogP contribution in [0.3, 0.4) is 0 Å². The Labute approximate surface area is 180 Å². The first-order valence-corrected chi connectivity index (χ1v) is 3.93. The molecule has 0 heterocycles. The number of aromatic hydroxyl groups is 1. The fraction of sp³-hybridized carbons (Fsp3) is 0. The smallest absolute Gasteiger partial charge is 0.652 e. The molecule has 1 aromatic rings. The van der Waals surface area contributed by atoms with Crippen molar-refractivity contribution < 1.29 is 123 Å². The van der Waals surface area contributed by atoms with Crippen LogP contribution >= 0.6 is 22.6 Å². The molecule has 0 bridgehead atoms. The average molecular weight is 358 g/mol. The summed E-state index contributed by atoms with van der Waals surface area (Å²) in [6, 6.07) is 7.11. The van der Waals surface area contributed by atoms with Gasteiger partial charge in [-0.25, -0.2) is 0 Å². The number of benzene rings is 1. The number of carboxylic acid groups (broad SMARTS) is 2. The monoisotopic (exact) mass is 358 g/mol. The molecule has 0 atom stereocenters. The molecule has 0 aromatic heterocycles. The van der Waals surface area contributed by atoms with Gasteiger partial charge >= 0.3 is 103 Å². The van der Waals surface area contributed by atoms with E-state index in [9.17, 15) is 0 Å². The normalized spacial score (nSPS) is 6.93. The van der Waals surface area contributed by atoms with Crippen LogP contribution < -0.4 is 113 Å². The molecule has 0 aliphatic rings. The number of phenolic OH excluding ortho intramolecular Hbond substituents is 1. The third kappa shape index (κ3) is 16.7. The quantitative estimate of drug-likeness (QED) is 0.369. The van der Waals surface area contributed by atoms with Crippen LogP contribution in [-0.2, 0) is 0 Å². The van der Waals surface area contributed by atoms with E-state index in [2.05, 4.69) is 22.6 Å². The van der Waals surface area contributed by atoms with Gasteiger partial charge < -0.3 is 20.1 Å². The fourth-order valence-electron chi connectivity index (χ4n) is 0.476. The number of hydrogen-bond acceptors (Lipinski definition) is 4. The van der Waals surface area contributed by atoms with Crippen LogP contribution in [0.25, 0.3) is 0 Å². The third-order valence-electron chi connectivity index (χ3n) is 0.808. The Kier molecular flexibility index (Phi) is 20.6. The summed E-state index contributed by atoms with van der Waals surface area (Å²) >= 11 is 2.15. The number of carbonyl (C=O) groups is 1. The van der Waals surface area contributed by atoms with Crippen LogP contribution in [0.5, 0.6) is 5.75 Å². The molecular weight excluding hydrogens is 353 g/mol. The molecule has 0 saturated heterocycles. The van der Waals surface area contributed by atoms with E-state index in [0.717, 1.165) is 3.57 Å².